The van der Waals surface area contributed by atoms with Gasteiger partial charge in [0.25, 0.3) is 0 Å². The van der Waals surface area contributed by atoms with Crippen LogP contribution in [0, 0.1) is 0 Å². The molecule has 0 bridgehead atoms. The predicted octanol–water partition coefficient (Wildman–Crippen LogP) is -4.29. The maximum atomic E-state index is 5.76. The molecule has 0 radical (unpaired) electrons. The van der Waals surface area contributed by atoms with Gasteiger partial charge in [0.1, 0.15) is 0 Å². The van der Waals surface area contributed by atoms with Crippen LogP contribution < -0.4 is 39.3 Å². The third-order valence-corrected chi connectivity index (χ3v) is 5.21. The third kappa shape index (κ3) is 16.3. The summed E-state index contributed by atoms with van der Waals surface area (Å²) in [5, 5.41) is 6.65. The van der Waals surface area contributed by atoms with Crippen molar-refractivity contribution in [3.63, 3.8) is 0 Å². The molecule has 0 aromatic heterocycles. The predicted molar refractivity (Wildman–Crippen MR) is 128 cm³/mol. The van der Waals surface area contributed by atoms with E-state index in [1.807, 2.05) is 7.05 Å². The van der Waals surface area contributed by atoms with Gasteiger partial charge in [0.05, 0.1) is 0 Å². The van der Waals surface area contributed by atoms with Gasteiger partial charge >= 0.3 is 0 Å². The molecule has 0 heterocycles. The molecule has 12 N–H and O–H groups in total. The number of hydrogen-bond donors (Lipinski definition) is 7. The van der Waals surface area contributed by atoms with Crippen molar-refractivity contribution in [2.75, 3.05) is 125 Å². The lowest BCUT2D eigenvalue weighted by Crippen LogP contribution is -2.47. The van der Waals surface area contributed by atoms with E-state index in [2.05, 4.69) is 30.2 Å². The normalized spacial score (nSPS) is 12.2. The average molecular weight is 434 g/mol. The zero-order valence-electron chi connectivity index (χ0n) is 19.4. The Morgan fingerprint density at radius 1 is 0.467 bits per heavy atom. The topological polar surface area (TPSA) is 167 Å². The van der Waals surface area contributed by atoms with Crippen molar-refractivity contribution >= 4 is 0 Å². The Hall–Kier alpha value is -0.440. The highest BCUT2D eigenvalue weighted by atomic mass is 15.3. The maximum Gasteiger partial charge on any atom is 0.0467 e. The van der Waals surface area contributed by atoms with Crippen LogP contribution in [0.1, 0.15) is 0 Å². The Bertz CT molecular complexity index is 338. The van der Waals surface area contributed by atoms with Gasteiger partial charge in [0.2, 0.25) is 0 Å². The first kappa shape index (κ1) is 29.6. The van der Waals surface area contributed by atoms with Crippen LogP contribution in [0.3, 0.4) is 0 Å². The summed E-state index contributed by atoms with van der Waals surface area (Å²) in [7, 11) is 1.99. The lowest BCUT2D eigenvalue weighted by Gasteiger charge is -2.31. The molecule has 0 aliphatic rings. The summed E-state index contributed by atoms with van der Waals surface area (Å²) in [4.78, 5) is 9.39. The molecule has 11 heteroatoms. The summed E-state index contributed by atoms with van der Waals surface area (Å²) >= 11 is 0. The first-order valence-electron chi connectivity index (χ1n) is 11.4. The Balaban J connectivity index is 4.69. The van der Waals surface area contributed by atoms with Crippen molar-refractivity contribution in [1.29, 1.82) is 0 Å². The van der Waals surface area contributed by atoms with E-state index in [-0.39, 0.29) is 0 Å². The molecule has 0 aliphatic carbocycles. The van der Waals surface area contributed by atoms with E-state index < -0.39 is 0 Å². The molecule has 30 heavy (non-hydrogen) atoms. The second-order valence-corrected chi connectivity index (χ2v) is 7.50. The third-order valence-electron chi connectivity index (χ3n) is 5.21. The van der Waals surface area contributed by atoms with Gasteiger partial charge in [0, 0.05) is 118 Å². The van der Waals surface area contributed by atoms with Gasteiger partial charge in [-0.3, -0.25) is 19.6 Å². The fraction of sp³-hybridized carbons (Fsp3) is 1.00. The fourth-order valence-corrected chi connectivity index (χ4v) is 3.21. The van der Waals surface area contributed by atoms with Crippen LogP contribution in [0.5, 0.6) is 0 Å². The molecule has 0 aliphatic heterocycles. The maximum absolute atomic E-state index is 5.76. The van der Waals surface area contributed by atoms with Crippen molar-refractivity contribution in [1.82, 2.24) is 30.2 Å². The van der Waals surface area contributed by atoms with Crippen LogP contribution >= 0.6 is 0 Å². The van der Waals surface area contributed by atoms with Crippen molar-refractivity contribution in [2.45, 2.75) is 0 Å². The monoisotopic (exact) mass is 433 g/mol. The summed E-state index contributed by atoms with van der Waals surface area (Å²) < 4.78 is 0. The van der Waals surface area contributed by atoms with E-state index in [0.717, 1.165) is 85.1 Å². The lowest BCUT2D eigenvalue weighted by atomic mass is 10.3. The van der Waals surface area contributed by atoms with Gasteiger partial charge < -0.3 is 39.3 Å². The second-order valence-electron chi connectivity index (χ2n) is 7.50. The van der Waals surface area contributed by atoms with Crippen molar-refractivity contribution in [3.05, 3.63) is 0 Å². The summed E-state index contributed by atoms with van der Waals surface area (Å²) in [6, 6.07) is 0. The molecule has 0 fully saturated rings. The molecule has 0 aromatic rings. The molecule has 0 atom stereocenters. The first-order valence-corrected chi connectivity index (χ1v) is 11.4. The average Bonchev–Trinajstić information content (AvgIpc) is 2.76. The molecule has 0 saturated carbocycles. The van der Waals surface area contributed by atoms with Crippen LogP contribution in [0.2, 0.25) is 0 Å². The molecule has 0 amide bonds. The summed E-state index contributed by atoms with van der Waals surface area (Å²) in [5.41, 5.74) is 28.6. The Labute approximate surface area is 184 Å². The molecule has 0 saturated heterocycles. The van der Waals surface area contributed by atoms with E-state index in [1.165, 1.54) is 0 Å². The number of rotatable bonds is 23. The Kier molecular flexibility index (Phi) is 21.5. The number of nitrogens with zero attached hydrogens (tertiary/aromatic N) is 4. The second kappa shape index (κ2) is 21.8. The highest BCUT2D eigenvalue weighted by Gasteiger charge is 2.12. The smallest absolute Gasteiger partial charge is 0.0467 e. The van der Waals surface area contributed by atoms with Crippen LogP contribution in [0.25, 0.3) is 0 Å². The van der Waals surface area contributed by atoms with Gasteiger partial charge in [-0.25, -0.2) is 0 Å². The largest absolute Gasteiger partial charge is 0.329 e. The number of likely N-dealkylation sites (N-methyl/N-ethyl adjacent to an activating group) is 1. The van der Waals surface area contributed by atoms with Gasteiger partial charge in [-0.2, -0.15) is 0 Å². The minimum absolute atomic E-state index is 0.493. The summed E-state index contributed by atoms with van der Waals surface area (Å²) in [6.45, 7) is 15.4. The van der Waals surface area contributed by atoms with E-state index in [1.54, 1.807) is 0 Å². The minimum Gasteiger partial charge on any atom is -0.329 e. The SMILES string of the molecule is CNCCN(CCN(CN)CN)CCN(CCNCCN)CCN(CCN)CCN. The lowest BCUT2D eigenvalue weighted by molar-refractivity contribution is 0.165. The number of nitrogens with two attached hydrogens (primary N) is 5. The van der Waals surface area contributed by atoms with E-state index in [4.69, 9.17) is 28.7 Å². The van der Waals surface area contributed by atoms with E-state index in [9.17, 15) is 0 Å². The van der Waals surface area contributed by atoms with Crippen molar-refractivity contribution in [3.8, 4) is 0 Å². The van der Waals surface area contributed by atoms with Crippen LogP contribution in [-0.4, -0.2) is 145 Å². The Morgan fingerprint density at radius 3 is 1.30 bits per heavy atom. The van der Waals surface area contributed by atoms with Crippen LogP contribution in [-0.2, 0) is 0 Å². The number of nitrogens with one attached hydrogen (secondary N) is 2. The van der Waals surface area contributed by atoms with Gasteiger partial charge in [-0.05, 0) is 7.05 Å². The van der Waals surface area contributed by atoms with Crippen molar-refractivity contribution in [2.24, 2.45) is 28.7 Å². The van der Waals surface area contributed by atoms with Crippen LogP contribution in [0.4, 0.5) is 0 Å². The zero-order chi connectivity index (χ0) is 22.5. The zero-order valence-corrected chi connectivity index (χ0v) is 19.4. The molecular weight excluding hydrogens is 382 g/mol. The van der Waals surface area contributed by atoms with Gasteiger partial charge in [-0.15, -0.1) is 0 Å². The summed E-state index contributed by atoms with van der Waals surface area (Å²) in [6.07, 6.45) is 0. The van der Waals surface area contributed by atoms with Gasteiger partial charge in [0.15, 0.2) is 0 Å². The summed E-state index contributed by atoms with van der Waals surface area (Å²) in [5.74, 6) is 0. The molecule has 0 spiro atoms. The molecule has 182 valence electrons. The van der Waals surface area contributed by atoms with Gasteiger partial charge in [-0.1, -0.05) is 0 Å². The Morgan fingerprint density at radius 2 is 0.900 bits per heavy atom. The highest BCUT2D eigenvalue weighted by Crippen LogP contribution is 1.96. The standard InChI is InChI=1S/C19H51N11/c1-25-6-10-28(16-17-30(18-23)19-24)14-15-29(11-7-26-5-2-20)13-12-27(8-3-21)9-4-22/h25-26H,2-24H2,1H3. The molecule has 0 aromatic carbocycles. The molecule has 0 rings (SSSR count). The number of hydrogen-bond acceptors (Lipinski definition) is 11. The highest BCUT2D eigenvalue weighted by molar-refractivity contribution is 4.70. The van der Waals surface area contributed by atoms with Crippen molar-refractivity contribution < 1.29 is 0 Å². The molecule has 11 nitrogen and oxygen atoms in total. The molecular formula is C19H51N11. The van der Waals surface area contributed by atoms with E-state index >= 15 is 0 Å². The fourth-order valence-electron chi connectivity index (χ4n) is 3.21. The molecule has 0 unspecified atom stereocenters. The first-order chi connectivity index (χ1) is 14.6. The van der Waals surface area contributed by atoms with Crippen LogP contribution in [0.15, 0.2) is 0 Å². The quantitative estimate of drug-likeness (QED) is 0.0615. The van der Waals surface area contributed by atoms with E-state index in [0.29, 0.717) is 33.0 Å². The minimum atomic E-state index is 0.493.